The minimum Gasteiger partial charge on any atom is -0.464 e. The zero-order valence-electron chi connectivity index (χ0n) is 8.99. The number of ether oxygens (including phenoxy) is 1. The van der Waals surface area contributed by atoms with Crippen LogP contribution < -0.4 is 4.74 Å². The lowest BCUT2D eigenvalue weighted by atomic mass is 10.1. The SMILES string of the molecule is CCOc1ncc(C(C)=O)c(C2CC2)n1. The average Bonchev–Trinajstić information content (AvgIpc) is 3.01. The lowest BCUT2D eigenvalue weighted by Gasteiger charge is -2.06. The van der Waals surface area contributed by atoms with Crippen molar-refractivity contribution in [1.29, 1.82) is 0 Å². The summed E-state index contributed by atoms with van der Waals surface area (Å²) in [5.74, 6) is 0.464. The number of hydrogen-bond donors (Lipinski definition) is 0. The van der Waals surface area contributed by atoms with E-state index in [2.05, 4.69) is 9.97 Å². The van der Waals surface area contributed by atoms with Gasteiger partial charge >= 0.3 is 6.01 Å². The predicted molar refractivity (Wildman–Crippen MR) is 55.2 cm³/mol. The van der Waals surface area contributed by atoms with Crippen molar-refractivity contribution in [3.05, 3.63) is 17.5 Å². The smallest absolute Gasteiger partial charge is 0.316 e. The number of hydrogen-bond acceptors (Lipinski definition) is 4. The molecule has 0 amide bonds. The number of carbonyl (C=O) groups excluding carboxylic acids is 1. The highest BCUT2D eigenvalue weighted by atomic mass is 16.5. The largest absolute Gasteiger partial charge is 0.464 e. The van der Waals surface area contributed by atoms with Gasteiger partial charge in [-0.05, 0) is 26.7 Å². The number of carbonyl (C=O) groups is 1. The molecule has 0 spiro atoms. The Balaban J connectivity index is 2.35. The third kappa shape index (κ3) is 2.14. The van der Waals surface area contributed by atoms with Crippen LogP contribution in [0.4, 0.5) is 0 Å². The van der Waals surface area contributed by atoms with E-state index in [-0.39, 0.29) is 5.78 Å². The van der Waals surface area contributed by atoms with Crippen LogP contribution >= 0.6 is 0 Å². The summed E-state index contributed by atoms with van der Waals surface area (Å²) in [5, 5.41) is 0. The van der Waals surface area contributed by atoms with Crippen molar-refractivity contribution in [2.45, 2.75) is 32.6 Å². The topological polar surface area (TPSA) is 52.1 Å². The molecule has 1 aliphatic rings. The fraction of sp³-hybridized carbons (Fsp3) is 0.545. The Morgan fingerprint density at radius 3 is 2.87 bits per heavy atom. The molecule has 0 saturated heterocycles. The molecule has 1 aliphatic carbocycles. The highest BCUT2D eigenvalue weighted by Gasteiger charge is 2.29. The summed E-state index contributed by atoms with van der Waals surface area (Å²) in [4.78, 5) is 19.6. The second-order valence-electron chi connectivity index (χ2n) is 3.71. The summed E-state index contributed by atoms with van der Waals surface area (Å²) in [6, 6.07) is 0.379. The molecule has 4 heteroatoms. The van der Waals surface area contributed by atoms with Crippen LogP contribution in [-0.2, 0) is 0 Å². The minimum atomic E-state index is 0.0277. The quantitative estimate of drug-likeness (QED) is 0.706. The van der Waals surface area contributed by atoms with Gasteiger partial charge in [0.1, 0.15) is 0 Å². The van der Waals surface area contributed by atoms with Gasteiger partial charge < -0.3 is 4.74 Å². The predicted octanol–water partition coefficient (Wildman–Crippen LogP) is 1.96. The number of rotatable bonds is 4. The van der Waals surface area contributed by atoms with Gasteiger partial charge in [0, 0.05) is 12.1 Å². The molecule has 80 valence electrons. The molecule has 0 aliphatic heterocycles. The molecule has 1 saturated carbocycles. The summed E-state index contributed by atoms with van der Waals surface area (Å²) < 4.78 is 5.23. The van der Waals surface area contributed by atoms with Crippen LogP contribution in [0.2, 0.25) is 0 Å². The summed E-state index contributed by atoms with van der Waals surface area (Å²) >= 11 is 0. The summed E-state index contributed by atoms with van der Waals surface area (Å²) in [5.41, 5.74) is 1.50. The second kappa shape index (κ2) is 3.96. The van der Waals surface area contributed by atoms with Crippen LogP contribution in [0.25, 0.3) is 0 Å². The molecule has 0 bridgehead atoms. The number of Topliss-reactive ketones (excluding diaryl/α,β-unsaturated/α-hetero) is 1. The summed E-state index contributed by atoms with van der Waals surface area (Å²) in [7, 11) is 0. The molecule has 1 aromatic rings. The molecule has 0 unspecified atom stereocenters. The van der Waals surface area contributed by atoms with Crippen LogP contribution in [0.3, 0.4) is 0 Å². The van der Waals surface area contributed by atoms with Gasteiger partial charge in [-0.1, -0.05) is 0 Å². The third-order valence-electron chi connectivity index (χ3n) is 2.41. The molecule has 1 heterocycles. The molecule has 0 radical (unpaired) electrons. The van der Waals surface area contributed by atoms with E-state index in [1.807, 2.05) is 6.92 Å². The second-order valence-corrected chi connectivity index (χ2v) is 3.71. The van der Waals surface area contributed by atoms with Crippen LogP contribution in [0.15, 0.2) is 6.20 Å². The van der Waals surface area contributed by atoms with Gasteiger partial charge in [-0.3, -0.25) is 4.79 Å². The minimum absolute atomic E-state index is 0.0277. The lowest BCUT2D eigenvalue weighted by Crippen LogP contribution is -2.06. The van der Waals surface area contributed by atoms with Crippen molar-refractivity contribution in [2.24, 2.45) is 0 Å². The first kappa shape index (κ1) is 10.1. The summed E-state index contributed by atoms with van der Waals surface area (Å²) in [6.45, 7) is 3.98. The average molecular weight is 206 g/mol. The standard InChI is InChI=1S/C11H14N2O2/c1-3-15-11-12-6-9(7(2)14)10(13-11)8-4-5-8/h6,8H,3-5H2,1-2H3. The van der Waals surface area contributed by atoms with E-state index in [0.717, 1.165) is 18.5 Å². The van der Waals surface area contributed by atoms with Gasteiger partial charge in [0.2, 0.25) is 0 Å². The van der Waals surface area contributed by atoms with Gasteiger partial charge in [0.15, 0.2) is 5.78 Å². The van der Waals surface area contributed by atoms with Crippen molar-refractivity contribution in [3.63, 3.8) is 0 Å². The Morgan fingerprint density at radius 1 is 1.60 bits per heavy atom. The van der Waals surface area contributed by atoms with E-state index in [1.165, 1.54) is 0 Å². The normalized spacial score (nSPS) is 15.1. The van der Waals surface area contributed by atoms with Crippen molar-refractivity contribution in [2.75, 3.05) is 6.61 Å². The summed E-state index contributed by atoms with van der Waals surface area (Å²) in [6.07, 6.45) is 3.81. The van der Waals surface area contributed by atoms with E-state index in [1.54, 1.807) is 13.1 Å². The fourth-order valence-corrected chi connectivity index (χ4v) is 1.52. The van der Waals surface area contributed by atoms with Crippen molar-refractivity contribution in [3.8, 4) is 6.01 Å². The zero-order chi connectivity index (χ0) is 10.8. The first-order valence-electron chi connectivity index (χ1n) is 5.23. The molecular formula is C11H14N2O2. The molecule has 0 atom stereocenters. The monoisotopic (exact) mass is 206 g/mol. The van der Waals surface area contributed by atoms with E-state index in [0.29, 0.717) is 24.1 Å². The highest BCUT2D eigenvalue weighted by Crippen LogP contribution is 2.40. The van der Waals surface area contributed by atoms with Gasteiger partial charge in [-0.25, -0.2) is 4.98 Å². The van der Waals surface area contributed by atoms with E-state index >= 15 is 0 Å². The molecular weight excluding hydrogens is 192 g/mol. The maximum atomic E-state index is 11.3. The molecule has 15 heavy (non-hydrogen) atoms. The highest BCUT2D eigenvalue weighted by molar-refractivity contribution is 5.95. The van der Waals surface area contributed by atoms with E-state index in [4.69, 9.17) is 4.74 Å². The number of ketones is 1. The molecule has 2 rings (SSSR count). The Kier molecular flexibility index (Phi) is 2.66. The van der Waals surface area contributed by atoms with Crippen LogP contribution in [0, 0.1) is 0 Å². The molecule has 0 N–H and O–H groups in total. The first-order chi connectivity index (χ1) is 7.22. The van der Waals surface area contributed by atoms with Crippen LogP contribution in [0.1, 0.15) is 48.7 Å². The molecule has 1 fully saturated rings. The number of aromatic nitrogens is 2. The van der Waals surface area contributed by atoms with Crippen molar-refractivity contribution in [1.82, 2.24) is 9.97 Å². The lowest BCUT2D eigenvalue weighted by molar-refractivity contribution is 0.101. The van der Waals surface area contributed by atoms with Gasteiger partial charge in [0.05, 0.1) is 17.9 Å². The Hall–Kier alpha value is -1.45. The zero-order valence-corrected chi connectivity index (χ0v) is 8.99. The Bertz CT molecular complexity index is 386. The first-order valence-corrected chi connectivity index (χ1v) is 5.23. The maximum absolute atomic E-state index is 11.3. The van der Waals surface area contributed by atoms with Crippen LogP contribution in [0.5, 0.6) is 6.01 Å². The third-order valence-corrected chi connectivity index (χ3v) is 2.41. The molecule has 1 aromatic heterocycles. The van der Waals surface area contributed by atoms with E-state index < -0.39 is 0 Å². The van der Waals surface area contributed by atoms with Crippen LogP contribution in [-0.4, -0.2) is 22.4 Å². The Morgan fingerprint density at radius 2 is 2.33 bits per heavy atom. The van der Waals surface area contributed by atoms with E-state index in [9.17, 15) is 4.79 Å². The van der Waals surface area contributed by atoms with Crippen molar-refractivity contribution >= 4 is 5.78 Å². The van der Waals surface area contributed by atoms with Gasteiger partial charge in [0.25, 0.3) is 0 Å². The van der Waals surface area contributed by atoms with Gasteiger partial charge in [-0.15, -0.1) is 0 Å². The maximum Gasteiger partial charge on any atom is 0.316 e. The molecule has 0 aromatic carbocycles. The van der Waals surface area contributed by atoms with Crippen molar-refractivity contribution < 1.29 is 9.53 Å². The van der Waals surface area contributed by atoms with Gasteiger partial charge in [-0.2, -0.15) is 4.98 Å². The number of nitrogens with zero attached hydrogens (tertiary/aromatic N) is 2. The Labute approximate surface area is 88.7 Å². The molecule has 4 nitrogen and oxygen atoms in total. The fourth-order valence-electron chi connectivity index (χ4n) is 1.52.